The first-order valence-electron chi connectivity index (χ1n) is 14.1. The summed E-state index contributed by atoms with van der Waals surface area (Å²) in [5, 5.41) is 8.92. The van der Waals surface area contributed by atoms with Crippen molar-refractivity contribution in [3.05, 3.63) is 112 Å². The molecule has 1 saturated heterocycles. The van der Waals surface area contributed by atoms with Gasteiger partial charge in [0.25, 0.3) is 0 Å². The van der Waals surface area contributed by atoms with Gasteiger partial charge in [-0.3, -0.25) is 0 Å². The predicted octanol–water partition coefficient (Wildman–Crippen LogP) is 6.52. The molecule has 8 nitrogen and oxygen atoms in total. The van der Waals surface area contributed by atoms with Crippen molar-refractivity contribution in [3.8, 4) is 23.2 Å². The number of halogens is 3. The van der Waals surface area contributed by atoms with Crippen molar-refractivity contribution in [2.45, 2.75) is 38.5 Å². The van der Waals surface area contributed by atoms with Gasteiger partial charge in [-0.2, -0.15) is 5.26 Å². The average Bonchev–Trinajstić information content (AvgIpc) is 3.36. The number of nitriles is 1. The quantitative estimate of drug-likeness (QED) is 0.175. The normalized spacial score (nSPS) is 15.8. The van der Waals surface area contributed by atoms with E-state index in [9.17, 15) is 9.18 Å². The van der Waals surface area contributed by atoms with Gasteiger partial charge in [0.2, 0.25) is 5.88 Å². The second-order valence-corrected chi connectivity index (χ2v) is 11.0. The first-order chi connectivity index (χ1) is 21.7. The summed E-state index contributed by atoms with van der Waals surface area (Å²) >= 11 is 0. The second-order valence-electron chi connectivity index (χ2n) is 11.0. The van der Waals surface area contributed by atoms with Crippen LogP contribution in [0.25, 0.3) is 22.3 Å². The highest BCUT2D eigenvalue weighted by atomic mass is 19.1. The third kappa shape index (κ3) is 6.10. The fourth-order valence-electron chi connectivity index (χ4n) is 5.26. The summed E-state index contributed by atoms with van der Waals surface area (Å²) in [7, 11) is 1.30. The van der Waals surface area contributed by atoms with E-state index in [0.717, 1.165) is 24.6 Å². The van der Waals surface area contributed by atoms with Crippen LogP contribution in [0.5, 0.6) is 5.88 Å². The molecular weight excluding hydrogens is 585 g/mol. The molecule has 1 aliphatic heterocycles. The van der Waals surface area contributed by atoms with Crippen molar-refractivity contribution < 1.29 is 32.2 Å². The maximum Gasteiger partial charge on any atom is 0.337 e. The lowest BCUT2D eigenvalue weighted by atomic mass is 9.97. The van der Waals surface area contributed by atoms with E-state index in [1.807, 2.05) is 17.6 Å². The predicted molar refractivity (Wildman–Crippen MR) is 158 cm³/mol. The van der Waals surface area contributed by atoms with E-state index >= 15 is 8.78 Å². The molecule has 1 aliphatic rings. The molecule has 0 N–H and O–H groups in total. The fraction of sp³-hybridized carbons (Fsp3) is 0.235. The van der Waals surface area contributed by atoms with E-state index in [4.69, 9.17) is 24.5 Å². The van der Waals surface area contributed by atoms with Crippen LogP contribution in [0.15, 0.2) is 66.7 Å². The Morgan fingerprint density at radius 2 is 1.82 bits per heavy atom. The zero-order valence-corrected chi connectivity index (χ0v) is 24.4. The zero-order chi connectivity index (χ0) is 31.7. The first kappa shape index (κ1) is 29.8. The summed E-state index contributed by atoms with van der Waals surface area (Å²) in [5.41, 5.74) is 1.69. The van der Waals surface area contributed by atoms with E-state index < -0.39 is 29.0 Å². The Balaban J connectivity index is 1.27. The number of carbonyl (C=O) groups is 1. The van der Waals surface area contributed by atoms with Crippen molar-refractivity contribution in [1.29, 1.82) is 5.26 Å². The van der Waals surface area contributed by atoms with E-state index in [2.05, 4.69) is 4.98 Å². The molecule has 3 heterocycles. The largest absolute Gasteiger partial charge is 0.473 e. The third-order valence-corrected chi connectivity index (χ3v) is 7.86. The molecular formula is C34H27F3N4O4. The average molecular weight is 613 g/mol. The molecule has 2 aromatic heterocycles. The van der Waals surface area contributed by atoms with Crippen molar-refractivity contribution in [2.75, 3.05) is 13.7 Å². The Labute approximate surface area is 256 Å². The summed E-state index contributed by atoms with van der Waals surface area (Å²) in [6.45, 7) is 2.83. The van der Waals surface area contributed by atoms with Crippen molar-refractivity contribution in [3.63, 3.8) is 0 Å². The molecule has 0 amide bonds. The molecule has 5 aromatic rings. The lowest BCUT2D eigenvalue weighted by molar-refractivity contribution is -0.142. The van der Waals surface area contributed by atoms with Gasteiger partial charge in [0.1, 0.15) is 29.9 Å². The number of pyridine rings is 1. The summed E-state index contributed by atoms with van der Waals surface area (Å²) in [6.07, 6.45) is 0.798. The number of benzene rings is 3. The zero-order valence-electron chi connectivity index (χ0n) is 24.4. The molecule has 0 spiro atoms. The number of imidazole rings is 1. The summed E-state index contributed by atoms with van der Waals surface area (Å²) < 4.78 is 63.5. The molecule has 1 atom stereocenters. The first-order valence-corrected chi connectivity index (χ1v) is 14.1. The Bertz CT molecular complexity index is 1980. The van der Waals surface area contributed by atoms with Crippen LogP contribution in [0.4, 0.5) is 13.2 Å². The summed E-state index contributed by atoms with van der Waals surface area (Å²) in [6, 6.07) is 17.7. The van der Waals surface area contributed by atoms with E-state index in [1.165, 1.54) is 31.4 Å². The molecule has 0 saturated carbocycles. The molecule has 45 heavy (non-hydrogen) atoms. The maximum atomic E-state index is 15.6. The number of hydrogen-bond acceptors (Lipinski definition) is 7. The Hall–Kier alpha value is -5.21. The highest BCUT2D eigenvalue weighted by Gasteiger charge is 2.35. The molecule has 1 unspecified atom stereocenters. The van der Waals surface area contributed by atoms with Gasteiger partial charge in [-0.1, -0.05) is 12.1 Å². The molecule has 11 heteroatoms. The Morgan fingerprint density at radius 1 is 1.02 bits per heavy atom. The molecule has 0 bridgehead atoms. The molecule has 3 aromatic carbocycles. The number of methoxy groups -OCH3 is 1. The number of rotatable bonds is 9. The van der Waals surface area contributed by atoms with E-state index in [-0.39, 0.29) is 46.9 Å². The van der Waals surface area contributed by atoms with Crippen LogP contribution in [0, 0.1) is 28.8 Å². The third-order valence-electron chi connectivity index (χ3n) is 7.86. The Kier molecular flexibility index (Phi) is 7.99. The topological polar surface area (TPSA) is 99.3 Å². The number of fused-ring (bicyclic) bond motifs is 1. The minimum Gasteiger partial charge on any atom is -0.473 e. The minimum atomic E-state index is -0.695. The monoisotopic (exact) mass is 612 g/mol. The van der Waals surface area contributed by atoms with Gasteiger partial charge < -0.3 is 18.8 Å². The van der Waals surface area contributed by atoms with Crippen molar-refractivity contribution in [1.82, 2.24) is 14.5 Å². The van der Waals surface area contributed by atoms with Crippen LogP contribution in [0.3, 0.4) is 0 Å². The lowest BCUT2D eigenvalue weighted by Crippen LogP contribution is -2.44. The maximum absolute atomic E-state index is 15.6. The fourth-order valence-corrected chi connectivity index (χ4v) is 5.26. The number of hydrogen-bond donors (Lipinski definition) is 0. The van der Waals surface area contributed by atoms with Gasteiger partial charge >= 0.3 is 5.97 Å². The lowest BCUT2D eigenvalue weighted by Gasteiger charge is -2.39. The van der Waals surface area contributed by atoms with Crippen molar-refractivity contribution in [2.24, 2.45) is 0 Å². The van der Waals surface area contributed by atoms with Crippen LogP contribution in [-0.4, -0.2) is 39.8 Å². The van der Waals surface area contributed by atoms with Gasteiger partial charge in [-0.25, -0.2) is 27.9 Å². The highest BCUT2D eigenvalue weighted by Crippen LogP contribution is 2.32. The van der Waals surface area contributed by atoms with E-state index in [1.54, 1.807) is 24.3 Å². The van der Waals surface area contributed by atoms with Crippen LogP contribution in [-0.2, 0) is 29.0 Å². The molecule has 0 radical (unpaired) electrons. The Morgan fingerprint density at radius 3 is 2.53 bits per heavy atom. The second kappa shape index (κ2) is 12.1. The van der Waals surface area contributed by atoms with Gasteiger partial charge in [0.05, 0.1) is 59.8 Å². The number of esters is 1. The van der Waals surface area contributed by atoms with E-state index in [0.29, 0.717) is 35.6 Å². The number of nitrogens with zero attached hydrogens (tertiary/aromatic N) is 4. The van der Waals surface area contributed by atoms with Crippen molar-refractivity contribution >= 4 is 17.0 Å². The number of carbonyl (C=O) groups excluding carboxylic acids is 1. The molecule has 6 rings (SSSR count). The molecule has 228 valence electrons. The minimum absolute atomic E-state index is 0.0198. The standard InChI is InChI=1S/C34H27F3N4O4/c1-34(10-11-45-34)19-41-30-14-21(33(42)43-2)8-9-29(30)39-31(41)15-23-13-27(37)24(16-26(23)36)28-4-3-5-32(40-28)44-18-22-7-6-20(17-38)12-25(22)35/h3-9,12-14,16H,10-11,15,18-19H2,1-2H3. The molecule has 1 fully saturated rings. The SMILES string of the molecule is COC(=O)c1ccc2nc(Cc3cc(F)c(-c4cccc(OCc5ccc(C#N)cc5F)n4)cc3F)n(CC3(C)CCO3)c2c1. The van der Waals surface area contributed by atoms with Crippen LogP contribution in [0.2, 0.25) is 0 Å². The van der Waals surface area contributed by atoms with Gasteiger partial charge in [-0.05, 0) is 61.0 Å². The van der Waals surface area contributed by atoms with Crippen LogP contribution in [0.1, 0.15) is 46.2 Å². The van der Waals surface area contributed by atoms with Gasteiger partial charge in [0.15, 0.2) is 0 Å². The highest BCUT2D eigenvalue weighted by molar-refractivity contribution is 5.93. The molecule has 0 aliphatic carbocycles. The summed E-state index contributed by atoms with van der Waals surface area (Å²) in [5.74, 6) is -1.87. The number of ether oxygens (including phenoxy) is 3. The van der Waals surface area contributed by atoms with Gasteiger partial charge in [0, 0.05) is 30.0 Å². The van der Waals surface area contributed by atoms with Crippen LogP contribution >= 0.6 is 0 Å². The smallest absolute Gasteiger partial charge is 0.337 e. The number of aromatic nitrogens is 3. The van der Waals surface area contributed by atoms with Crippen LogP contribution < -0.4 is 4.74 Å². The van der Waals surface area contributed by atoms with Gasteiger partial charge in [-0.15, -0.1) is 0 Å². The summed E-state index contributed by atoms with van der Waals surface area (Å²) in [4.78, 5) is 21.2.